The van der Waals surface area contributed by atoms with Crippen LogP contribution in [0.2, 0.25) is 10.0 Å². The first-order valence-electron chi connectivity index (χ1n) is 6.03. The zero-order valence-corrected chi connectivity index (χ0v) is 12.3. The molecule has 0 saturated carbocycles. The summed E-state index contributed by atoms with van der Waals surface area (Å²) >= 11 is 11.8. The van der Waals surface area contributed by atoms with Gasteiger partial charge < -0.3 is 14.5 Å². The Morgan fingerprint density at radius 3 is 2.85 bits per heavy atom. The Hall–Kier alpha value is -1.49. The van der Waals surface area contributed by atoms with Gasteiger partial charge in [-0.25, -0.2) is 0 Å². The average molecular weight is 314 g/mol. The molecule has 1 aromatic heterocycles. The van der Waals surface area contributed by atoms with Gasteiger partial charge in [-0.15, -0.1) is 0 Å². The molecule has 0 radical (unpaired) electrons. The van der Waals surface area contributed by atoms with Crippen molar-refractivity contribution < 1.29 is 13.9 Å². The minimum absolute atomic E-state index is 0.191. The molecule has 1 heterocycles. The standard InChI is InChI=1S/C14H13Cl2NO3/c1-2-19-8-10-4-6-13(20-10)14(18)17-12-7-9(15)3-5-11(12)16/h3-7H,2,8H2,1H3,(H,17,18). The summed E-state index contributed by atoms with van der Waals surface area (Å²) < 4.78 is 10.6. The summed E-state index contributed by atoms with van der Waals surface area (Å²) in [5.74, 6) is 0.391. The van der Waals surface area contributed by atoms with E-state index in [1.807, 2.05) is 6.92 Å². The van der Waals surface area contributed by atoms with E-state index in [1.54, 1.807) is 30.3 Å². The molecule has 0 bridgehead atoms. The Kier molecular flexibility index (Phi) is 5.06. The highest BCUT2D eigenvalue weighted by atomic mass is 35.5. The smallest absolute Gasteiger partial charge is 0.291 e. The summed E-state index contributed by atoms with van der Waals surface area (Å²) in [5.41, 5.74) is 0.437. The predicted octanol–water partition coefficient (Wildman–Crippen LogP) is 4.38. The number of anilines is 1. The van der Waals surface area contributed by atoms with Crippen molar-refractivity contribution in [1.29, 1.82) is 0 Å². The molecule has 0 fully saturated rings. The Bertz CT molecular complexity index is 610. The van der Waals surface area contributed by atoms with Crippen LogP contribution in [0.3, 0.4) is 0 Å². The summed E-state index contributed by atoms with van der Waals surface area (Å²) in [4.78, 5) is 12.0. The highest BCUT2D eigenvalue weighted by Crippen LogP contribution is 2.26. The fraction of sp³-hybridized carbons (Fsp3) is 0.214. The molecule has 0 spiro atoms. The topological polar surface area (TPSA) is 51.5 Å². The number of nitrogens with one attached hydrogen (secondary N) is 1. The van der Waals surface area contributed by atoms with Gasteiger partial charge in [0.2, 0.25) is 0 Å². The molecular formula is C14H13Cl2NO3. The van der Waals surface area contributed by atoms with Crippen LogP contribution in [0.25, 0.3) is 0 Å². The highest BCUT2D eigenvalue weighted by molar-refractivity contribution is 6.35. The summed E-state index contributed by atoms with van der Waals surface area (Å²) in [6.45, 7) is 2.81. The van der Waals surface area contributed by atoms with Crippen LogP contribution in [0.15, 0.2) is 34.7 Å². The van der Waals surface area contributed by atoms with Crippen LogP contribution >= 0.6 is 23.2 Å². The van der Waals surface area contributed by atoms with Crippen LogP contribution in [0.4, 0.5) is 5.69 Å². The zero-order valence-electron chi connectivity index (χ0n) is 10.8. The van der Waals surface area contributed by atoms with E-state index in [4.69, 9.17) is 32.4 Å². The maximum Gasteiger partial charge on any atom is 0.291 e. The van der Waals surface area contributed by atoms with Gasteiger partial charge in [0.15, 0.2) is 5.76 Å². The number of hydrogen-bond donors (Lipinski definition) is 1. The third-order valence-corrected chi connectivity index (χ3v) is 3.08. The van der Waals surface area contributed by atoms with Gasteiger partial charge in [-0.3, -0.25) is 4.79 Å². The van der Waals surface area contributed by atoms with Crippen molar-refractivity contribution in [3.8, 4) is 0 Å². The van der Waals surface area contributed by atoms with Crippen molar-refractivity contribution in [2.75, 3.05) is 11.9 Å². The Morgan fingerprint density at radius 2 is 2.10 bits per heavy atom. The van der Waals surface area contributed by atoms with Gasteiger partial charge in [0.1, 0.15) is 12.4 Å². The van der Waals surface area contributed by atoms with Crippen molar-refractivity contribution in [2.45, 2.75) is 13.5 Å². The number of halogens is 2. The van der Waals surface area contributed by atoms with Crippen molar-refractivity contribution in [3.63, 3.8) is 0 Å². The Labute approximate surface area is 126 Å². The SMILES string of the molecule is CCOCc1ccc(C(=O)Nc2cc(Cl)ccc2Cl)o1. The van der Waals surface area contributed by atoms with Crippen LogP contribution in [0.1, 0.15) is 23.2 Å². The lowest BCUT2D eigenvalue weighted by molar-refractivity contribution is 0.0972. The van der Waals surface area contributed by atoms with Gasteiger partial charge in [0, 0.05) is 11.6 Å². The number of carbonyl (C=O) groups excluding carboxylic acids is 1. The van der Waals surface area contributed by atoms with E-state index in [1.165, 1.54) is 0 Å². The van der Waals surface area contributed by atoms with E-state index in [0.717, 1.165) is 0 Å². The largest absolute Gasteiger partial charge is 0.453 e. The summed E-state index contributed by atoms with van der Waals surface area (Å²) in [5, 5.41) is 3.54. The number of benzene rings is 1. The lowest BCUT2D eigenvalue weighted by Crippen LogP contribution is -2.11. The second-order valence-corrected chi connectivity index (χ2v) is 4.83. The zero-order chi connectivity index (χ0) is 14.5. The van der Waals surface area contributed by atoms with Crippen molar-refractivity contribution >= 4 is 34.8 Å². The molecule has 0 atom stereocenters. The van der Waals surface area contributed by atoms with E-state index >= 15 is 0 Å². The van der Waals surface area contributed by atoms with Gasteiger partial charge in [-0.1, -0.05) is 23.2 Å². The molecule has 106 valence electrons. The highest BCUT2D eigenvalue weighted by Gasteiger charge is 2.13. The molecule has 6 heteroatoms. The second kappa shape index (κ2) is 6.79. The number of hydrogen-bond acceptors (Lipinski definition) is 3. The minimum atomic E-state index is -0.392. The molecule has 20 heavy (non-hydrogen) atoms. The van der Waals surface area contributed by atoms with E-state index in [0.29, 0.717) is 34.7 Å². The number of carbonyl (C=O) groups is 1. The summed E-state index contributed by atoms with van der Waals surface area (Å²) in [7, 11) is 0. The van der Waals surface area contributed by atoms with Crippen LogP contribution in [0, 0.1) is 0 Å². The van der Waals surface area contributed by atoms with Crippen LogP contribution < -0.4 is 5.32 Å². The van der Waals surface area contributed by atoms with Gasteiger partial charge in [-0.2, -0.15) is 0 Å². The summed E-state index contributed by atoms with van der Waals surface area (Å²) in [6.07, 6.45) is 0. The lowest BCUT2D eigenvalue weighted by Gasteiger charge is -2.06. The third-order valence-electron chi connectivity index (χ3n) is 2.51. The molecule has 1 amide bonds. The van der Waals surface area contributed by atoms with Crippen molar-refractivity contribution in [2.24, 2.45) is 0 Å². The quantitative estimate of drug-likeness (QED) is 0.891. The van der Waals surface area contributed by atoms with E-state index < -0.39 is 5.91 Å². The number of amides is 1. The third kappa shape index (κ3) is 3.76. The van der Waals surface area contributed by atoms with Gasteiger partial charge in [-0.05, 0) is 37.3 Å². The average Bonchev–Trinajstić information content (AvgIpc) is 2.89. The molecule has 0 unspecified atom stereocenters. The van der Waals surface area contributed by atoms with E-state index in [9.17, 15) is 4.79 Å². The maximum atomic E-state index is 12.0. The first-order valence-corrected chi connectivity index (χ1v) is 6.78. The first-order chi connectivity index (χ1) is 9.60. The normalized spacial score (nSPS) is 10.6. The van der Waals surface area contributed by atoms with Gasteiger partial charge >= 0.3 is 0 Å². The van der Waals surface area contributed by atoms with Crippen molar-refractivity contribution in [3.05, 3.63) is 51.9 Å². The first kappa shape index (κ1) is 14.9. The molecular weight excluding hydrogens is 301 g/mol. The van der Waals surface area contributed by atoms with Crippen LogP contribution in [0.5, 0.6) is 0 Å². The van der Waals surface area contributed by atoms with E-state index in [2.05, 4.69) is 5.32 Å². The van der Waals surface area contributed by atoms with Crippen LogP contribution in [-0.2, 0) is 11.3 Å². The molecule has 0 aliphatic heterocycles. The molecule has 0 saturated heterocycles. The molecule has 1 N–H and O–H groups in total. The van der Waals surface area contributed by atoms with Crippen molar-refractivity contribution in [1.82, 2.24) is 0 Å². The maximum absolute atomic E-state index is 12.0. The summed E-state index contributed by atoms with van der Waals surface area (Å²) in [6, 6.07) is 8.12. The predicted molar refractivity (Wildman–Crippen MR) is 78.5 cm³/mol. The molecule has 1 aromatic carbocycles. The minimum Gasteiger partial charge on any atom is -0.453 e. The van der Waals surface area contributed by atoms with Gasteiger partial charge in [0.25, 0.3) is 5.91 Å². The number of ether oxygens (including phenoxy) is 1. The fourth-order valence-corrected chi connectivity index (χ4v) is 1.89. The molecule has 0 aliphatic rings. The number of furan rings is 1. The number of rotatable bonds is 5. The molecule has 4 nitrogen and oxygen atoms in total. The van der Waals surface area contributed by atoms with Gasteiger partial charge in [0.05, 0.1) is 10.7 Å². The Morgan fingerprint density at radius 1 is 1.30 bits per heavy atom. The second-order valence-electron chi connectivity index (χ2n) is 3.98. The molecule has 0 aliphatic carbocycles. The van der Waals surface area contributed by atoms with E-state index in [-0.39, 0.29) is 5.76 Å². The molecule has 2 aromatic rings. The monoisotopic (exact) mass is 313 g/mol. The molecule has 2 rings (SSSR count). The Balaban J connectivity index is 2.08. The van der Waals surface area contributed by atoms with Crippen LogP contribution in [-0.4, -0.2) is 12.5 Å². The lowest BCUT2D eigenvalue weighted by atomic mass is 10.3. The fourth-order valence-electron chi connectivity index (χ4n) is 1.56.